The molecular weight excluding hydrogens is 283 g/mol. The van der Waals surface area contributed by atoms with Gasteiger partial charge >= 0.3 is 6.09 Å². The van der Waals surface area contributed by atoms with Gasteiger partial charge in [0, 0.05) is 6.54 Å². The number of anilines is 2. The Balaban J connectivity index is 2.75. The number of hydrogen-bond donors (Lipinski definition) is 2. The summed E-state index contributed by atoms with van der Waals surface area (Å²) < 4.78 is 18.7. The van der Waals surface area contributed by atoms with Crippen LogP contribution in [0.25, 0.3) is 0 Å². The maximum absolute atomic E-state index is 13.4. The number of carbonyl (C=O) groups excluding carboxylic acids is 1. The van der Waals surface area contributed by atoms with Crippen LogP contribution >= 0.6 is 0 Å². The Morgan fingerprint density at radius 2 is 2.00 bits per heavy atom. The van der Waals surface area contributed by atoms with Gasteiger partial charge in [-0.3, -0.25) is 5.32 Å². The maximum Gasteiger partial charge on any atom is 0.412 e. The molecule has 124 valence electrons. The van der Waals surface area contributed by atoms with Crippen molar-refractivity contribution in [3.8, 4) is 0 Å². The summed E-state index contributed by atoms with van der Waals surface area (Å²) in [6, 6.07) is 4.23. The molecule has 0 bridgehead atoms. The third kappa shape index (κ3) is 6.78. The summed E-state index contributed by atoms with van der Waals surface area (Å²) in [6.07, 6.45) is 1.65. The van der Waals surface area contributed by atoms with E-state index < -0.39 is 11.7 Å². The number of ether oxygens (including phenoxy) is 1. The first kappa shape index (κ1) is 18.3. The highest BCUT2D eigenvalue weighted by Gasteiger charge is 2.17. The van der Waals surface area contributed by atoms with Gasteiger partial charge in [-0.2, -0.15) is 0 Å². The van der Waals surface area contributed by atoms with Crippen molar-refractivity contribution in [3.63, 3.8) is 0 Å². The molecule has 0 aliphatic rings. The fourth-order valence-electron chi connectivity index (χ4n) is 2.06. The van der Waals surface area contributed by atoms with Crippen LogP contribution in [0.3, 0.4) is 0 Å². The first-order valence-electron chi connectivity index (χ1n) is 7.74. The number of carbonyl (C=O) groups is 1. The first-order valence-corrected chi connectivity index (χ1v) is 7.74. The summed E-state index contributed by atoms with van der Waals surface area (Å²) in [6.45, 7) is 10.4. The molecule has 0 saturated carbocycles. The zero-order valence-corrected chi connectivity index (χ0v) is 14.1. The summed E-state index contributed by atoms with van der Waals surface area (Å²) in [7, 11) is 0. The smallest absolute Gasteiger partial charge is 0.412 e. The van der Waals surface area contributed by atoms with Crippen LogP contribution in [0, 0.1) is 11.7 Å². The molecule has 0 heterocycles. The average Bonchev–Trinajstić information content (AvgIpc) is 2.37. The number of hydrogen-bond acceptors (Lipinski definition) is 3. The Labute approximate surface area is 132 Å². The Bertz CT molecular complexity index is 498. The Hall–Kier alpha value is -1.78. The summed E-state index contributed by atoms with van der Waals surface area (Å²) >= 11 is 0. The zero-order chi connectivity index (χ0) is 16.8. The topological polar surface area (TPSA) is 50.4 Å². The third-order valence-corrected chi connectivity index (χ3v) is 3.04. The summed E-state index contributed by atoms with van der Waals surface area (Å²) in [5.41, 5.74) is 0.501. The lowest BCUT2D eigenvalue weighted by Crippen LogP contribution is -2.27. The predicted molar refractivity (Wildman–Crippen MR) is 88.8 cm³/mol. The summed E-state index contributed by atoms with van der Waals surface area (Å²) in [5, 5.41) is 5.86. The van der Waals surface area contributed by atoms with Gasteiger partial charge in [0.25, 0.3) is 0 Å². The molecule has 4 nitrogen and oxygen atoms in total. The molecule has 22 heavy (non-hydrogen) atoms. The van der Waals surface area contributed by atoms with Crippen LogP contribution in [0.2, 0.25) is 0 Å². The Kier molecular flexibility index (Phi) is 6.65. The Morgan fingerprint density at radius 3 is 2.59 bits per heavy atom. The minimum atomic E-state index is -0.576. The quantitative estimate of drug-likeness (QED) is 0.775. The molecule has 2 N–H and O–H groups in total. The number of amides is 1. The largest absolute Gasteiger partial charge is 0.444 e. The van der Waals surface area contributed by atoms with Crippen molar-refractivity contribution >= 4 is 17.5 Å². The van der Waals surface area contributed by atoms with E-state index in [0.29, 0.717) is 17.3 Å². The molecule has 0 aromatic heterocycles. The van der Waals surface area contributed by atoms with E-state index >= 15 is 0 Å². The van der Waals surface area contributed by atoms with E-state index in [4.69, 9.17) is 4.74 Å². The van der Waals surface area contributed by atoms with E-state index in [0.717, 1.165) is 19.4 Å². The highest BCUT2D eigenvalue weighted by molar-refractivity contribution is 5.89. The third-order valence-electron chi connectivity index (χ3n) is 3.04. The fraction of sp³-hybridized carbons (Fsp3) is 0.588. The van der Waals surface area contributed by atoms with Crippen LogP contribution in [-0.2, 0) is 4.74 Å². The molecule has 0 spiro atoms. The zero-order valence-electron chi connectivity index (χ0n) is 14.1. The molecule has 0 fully saturated rings. The second kappa shape index (κ2) is 8.01. The van der Waals surface area contributed by atoms with Gasteiger partial charge in [-0.05, 0) is 51.3 Å². The molecule has 1 rings (SSSR count). The second-order valence-electron chi connectivity index (χ2n) is 6.59. The van der Waals surface area contributed by atoms with Crippen molar-refractivity contribution in [3.05, 3.63) is 24.0 Å². The van der Waals surface area contributed by atoms with Gasteiger partial charge in [-0.25, -0.2) is 9.18 Å². The van der Waals surface area contributed by atoms with Crippen LogP contribution < -0.4 is 10.6 Å². The first-order chi connectivity index (χ1) is 10.2. The molecular formula is C17H27FN2O2. The van der Waals surface area contributed by atoms with Gasteiger partial charge in [-0.1, -0.05) is 20.3 Å². The lowest BCUT2D eigenvalue weighted by Gasteiger charge is -2.21. The fourth-order valence-corrected chi connectivity index (χ4v) is 2.06. The molecule has 1 unspecified atom stereocenters. The normalized spacial score (nSPS) is 12.6. The van der Waals surface area contributed by atoms with Crippen molar-refractivity contribution in [1.29, 1.82) is 0 Å². The van der Waals surface area contributed by atoms with Gasteiger partial charge in [0.1, 0.15) is 11.4 Å². The van der Waals surface area contributed by atoms with Crippen LogP contribution in [0.1, 0.15) is 47.5 Å². The maximum atomic E-state index is 13.4. The van der Waals surface area contributed by atoms with Crippen molar-refractivity contribution in [2.45, 2.75) is 53.1 Å². The second-order valence-corrected chi connectivity index (χ2v) is 6.59. The molecule has 1 amide bonds. The van der Waals surface area contributed by atoms with Crippen molar-refractivity contribution in [1.82, 2.24) is 0 Å². The number of rotatable bonds is 6. The van der Waals surface area contributed by atoms with Crippen LogP contribution in [0.4, 0.5) is 20.6 Å². The molecule has 1 atom stereocenters. The van der Waals surface area contributed by atoms with E-state index in [1.807, 2.05) is 0 Å². The monoisotopic (exact) mass is 310 g/mol. The summed E-state index contributed by atoms with van der Waals surface area (Å²) in [5.74, 6) is 0.128. The van der Waals surface area contributed by atoms with Gasteiger partial charge in [-0.15, -0.1) is 0 Å². The van der Waals surface area contributed by atoms with E-state index in [1.165, 1.54) is 18.2 Å². The highest BCUT2D eigenvalue weighted by Crippen LogP contribution is 2.24. The lowest BCUT2D eigenvalue weighted by molar-refractivity contribution is 0.0636. The molecule has 5 heteroatoms. The van der Waals surface area contributed by atoms with Crippen LogP contribution in [0.15, 0.2) is 18.2 Å². The van der Waals surface area contributed by atoms with E-state index in [2.05, 4.69) is 24.5 Å². The number of halogens is 1. The van der Waals surface area contributed by atoms with Crippen LogP contribution in [0.5, 0.6) is 0 Å². The average molecular weight is 310 g/mol. The van der Waals surface area contributed by atoms with E-state index in [1.54, 1.807) is 20.8 Å². The van der Waals surface area contributed by atoms with Crippen molar-refractivity contribution in [2.24, 2.45) is 5.92 Å². The molecule has 0 saturated heterocycles. The molecule has 1 aromatic carbocycles. The predicted octanol–water partition coefficient (Wildman–Crippen LogP) is 5.02. The highest BCUT2D eigenvalue weighted by atomic mass is 19.1. The number of benzene rings is 1. The molecule has 0 aliphatic carbocycles. The SMILES string of the molecule is CCCC(C)CNc1cc(F)ccc1NC(=O)OC(C)(C)C. The molecule has 1 aromatic rings. The van der Waals surface area contributed by atoms with Crippen molar-refractivity contribution < 1.29 is 13.9 Å². The molecule has 0 aliphatic heterocycles. The lowest BCUT2D eigenvalue weighted by atomic mass is 10.1. The van der Waals surface area contributed by atoms with E-state index in [-0.39, 0.29) is 5.82 Å². The standard InChI is InChI=1S/C17H27FN2O2/c1-6-7-12(2)11-19-15-10-13(18)8-9-14(15)20-16(21)22-17(3,4)5/h8-10,12,19H,6-7,11H2,1-5H3,(H,20,21). The Morgan fingerprint density at radius 1 is 1.32 bits per heavy atom. The van der Waals surface area contributed by atoms with Gasteiger partial charge in [0.05, 0.1) is 11.4 Å². The van der Waals surface area contributed by atoms with Gasteiger partial charge in [0.15, 0.2) is 0 Å². The minimum absolute atomic E-state index is 0.347. The summed E-state index contributed by atoms with van der Waals surface area (Å²) in [4.78, 5) is 11.9. The molecule has 0 radical (unpaired) electrons. The minimum Gasteiger partial charge on any atom is -0.444 e. The van der Waals surface area contributed by atoms with E-state index in [9.17, 15) is 9.18 Å². The van der Waals surface area contributed by atoms with Gasteiger partial charge in [0.2, 0.25) is 0 Å². The number of nitrogens with one attached hydrogen (secondary N) is 2. The van der Waals surface area contributed by atoms with Crippen molar-refractivity contribution in [2.75, 3.05) is 17.2 Å². The van der Waals surface area contributed by atoms with Gasteiger partial charge < -0.3 is 10.1 Å². The van der Waals surface area contributed by atoms with Crippen LogP contribution in [-0.4, -0.2) is 18.2 Å².